The van der Waals surface area contributed by atoms with E-state index in [0.717, 1.165) is 34.6 Å². The summed E-state index contributed by atoms with van der Waals surface area (Å²) in [5, 5.41) is 7.58. The summed E-state index contributed by atoms with van der Waals surface area (Å²) in [6.07, 6.45) is 5.35. The van der Waals surface area contributed by atoms with Crippen LogP contribution in [0.25, 0.3) is 5.70 Å². The minimum Gasteiger partial charge on any atom is -0.354 e. The van der Waals surface area contributed by atoms with Gasteiger partial charge in [-0.1, -0.05) is 30.6 Å². The molecule has 1 N–H and O–H groups in total. The lowest BCUT2D eigenvalue weighted by Crippen LogP contribution is -2.04. The minimum atomic E-state index is 0.830. The first-order chi connectivity index (χ1) is 13.1. The van der Waals surface area contributed by atoms with Crippen molar-refractivity contribution in [2.24, 2.45) is 7.05 Å². The van der Waals surface area contributed by atoms with Crippen LogP contribution in [0.5, 0.6) is 0 Å². The number of anilines is 1. The van der Waals surface area contributed by atoms with Crippen LogP contribution in [0.2, 0.25) is 0 Å². The molecule has 1 aromatic heterocycles. The molecule has 0 saturated carbocycles. The van der Waals surface area contributed by atoms with E-state index in [2.05, 4.69) is 72.2 Å². The van der Waals surface area contributed by atoms with E-state index < -0.39 is 0 Å². The molecule has 0 unspecified atom stereocenters. The van der Waals surface area contributed by atoms with Gasteiger partial charge in [-0.2, -0.15) is 5.10 Å². The van der Waals surface area contributed by atoms with Crippen LogP contribution >= 0.6 is 0 Å². The van der Waals surface area contributed by atoms with Gasteiger partial charge in [0, 0.05) is 30.1 Å². The van der Waals surface area contributed by atoms with Crippen molar-refractivity contribution in [2.45, 2.75) is 26.2 Å². The predicted molar refractivity (Wildman–Crippen MR) is 111 cm³/mol. The monoisotopic (exact) mass is 353 g/mol. The van der Waals surface area contributed by atoms with E-state index in [1.807, 2.05) is 17.8 Å². The van der Waals surface area contributed by atoms with Crippen LogP contribution < -0.4 is 5.32 Å². The highest BCUT2D eigenvalue weighted by atomic mass is 15.3. The molecule has 0 atom stereocenters. The molecule has 134 valence electrons. The van der Waals surface area contributed by atoms with Gasteiger partial charge in [0.25, 0.3) is 0 Å². The summed E-state index contributed by atoms with van der Waals surface area (Å²) in [5.74, 6) is 6.71. The number of nitrogens with one attached hydrogen (secondary N) is 1. The van der Waals surface area contributed by atoms with Crippen molar-refractivity contribution in [3.8, 4) is 11.8 Å². The first kappa shape index (κ1) is 17.2. The maximum absolute atomic E-state index is 4.19. The van der Waals surface area contributed by atoms with Crippen LogP contribution in [-0.2, 0) is 19.9 Å². The number of aromatic nitrogens is 2. The maximum Gasteiger partial charge on any atom is 0.0835 e. The van der Waals surface area contributed by atoms with Crippen LogP contribution in [0, 0.1) is 18.8 Å². The Labute approximate surface area is 160 Å². The lowest BCUT2D eigenvalue weighted by atomic mass is 10.0. The number of benzene rings is 2. The Balaban J connectivity index is 1.54. The molecule has 0 spiro atoms. The molecule has 0 bridgehead atoms. The van der Waals surface area contributed by atoms with Gasteiger partial charge in [-0.15, -0.1) is 0 Å². The summed E-state index contributed by atoms with van der Waals surface area (Å²) >= 11 is 0. The third-order valence-electron chi connectivity index (χ3n) is 5.13. The molecule has 4 rings (SSSR count). The van der Waals surface area contributed by atoms with Crippen molar-refractivity contribution in [2.75, 3.05) is 5.32 Å². The third-order valence-corrected chi connectivity index (χ3v) is 5.13. The normalized spacial score (nSPS) is 12.2. The summed E-state index contributed by atoms with van der Waals surface area (Å²) in [4.78, 5) is 0. The first-order valence-electron chi connectivity index (χ1n) is 9.29. The van der Waals surface area contributed by atoms with Gasteiger partial charge in [-0.3, -0.25) is 4.68 Å². The second-order valence-corrected chi connectivity index (χ2v) is 7.02. The van der Waals surface area contributed by atoms with Gasteiger partial charge in [0.05, 0.1) is 11.4 Å². The van der Waals surface area contributed by atoms with E-state index >= 15 is 0 Å². The molecule has 3 nitrogen and oxygen atoms in total. The van der Waals surface area contributed by atoms with Crippen molar-refractivity contribution in [1.82, 2.24) is 9.78 Å². The van der Waals surface area contributed by atoms with E-state index in [9.17, 15) is 0 Å². The highest BCUT2D eigenvalue weighted by molar-refractivity contribution is 5.75. The van der Waals surface area contributed by atoms with Gasteiger partial charge in [0.15, 0.2) is 0 Å². The van der Waals surface area contributed by atoms with Gasteiger partial charge in [-0.05, 0) is 73.2 Å². The Morgan fingerprint density at radius 3 is 2.81 bits per heavy atom. The molecule has 0 amide bonds. The summed E-state index contributed by atoms with van der Waals surface area (Å²) in [6, 6.07) is 14.7. The molecule has 3 heteroatoms. The van der Waals surface area contributed by atoms with Gasteiger partial charge >= 0.3 is 0 Å². The number of fused-ring (bicyclic) bond motifs is 1. The summed E-state index contributed by atoms with van der Waals surface area (Å²) in [7, 11) is 1.91. The number of aryl methyl sites for hydroxylation is 3. The quantitative estimate of drug-likeness (QED) is 0.692. The van der Waals surface area contributed by atoms with Crippen LogP contribution in [-0.4, -0.2) is 9.78 Å². The molecule has 27 heavy (non-hydrogen) atoms. The molecular weight excluding hydrogens is 330 g/mol. The summed E-state index contributed by atoms with van der Waals surface area (Å²) < 4.78 is 1.81. The molecule has 0 aliphatic heterocycles. The SMILES string of the molecule is C=C(Nc1ccc(C#Cc2cccc3c2CCC3)cc1C)c1ccnn1C. The van der Waals surface area contributed by atoms with Crippen molar-refractivity contribution in [3.63, 3.8) is 0 Å². The van der Waals surface area contributed by atoms with E-state index in [-0.39, 0.29) is 0 Å². The standard InChI is InChI=1S/C24H23N3/c1-17-16-19(10-12-21-7-4-6-20-8-5-9-22(20)21)11-13-23(17)26-18(2)24-14-15-25-27(24)3/h4,6-7,11,13-16,26H,2,5,8-9H2,1,3H3. The summed E-state index contributed by atoms with van der Waals surface area (Å²) in [5.41, 5.74) is 9.08. The lowest BCUT2D eigenvalue weighted by molar-refractivity contribution is 0.756. The van der Waals surface area contributed by atoms with E-state index in [0.29, 0.717) is 0 Å². The van der Waals surface area contributed by atoms with Crippen molar-refractivity contribution in [3.05, 3.63) is 88.8 Å². The molecule has 1 aliphatic carbocycles. The van der Waals surface area contributed by atoms with E-state index in [1.54, 1.807) is 6.20 Å². The number of hydrogen-bond donors (Lipinski definition) is 1. The smallest absolute Gasteiger partial charge is 0.0835 e. The Bertz CT molecular complexity index is 1080. The van der Waals surface area contributed by atoms with Crippen molar-refractivity contribution in [1.29, 1.82) is 0 Å². The number of hydrogen-bond acceptors (Lipinski definition) is 2. The fourth-order valence-electron chi connectivity index (χ4n) is 3.65. The Hall–Kier alpha value is -3.25. The highest BCUT2D eigenvalue weighted by Crippen LogP contribution is 2.25. The van der Waals surface area contributed by atoms with Gasteiger partial charge in [0.1, 0.15) is 0 Å². The van der Waals surface area contributed by atoms with Crippen molar-refractivity contribution >= 4 is 11.4 Å². The van der Waals surface area contributed by atoms with Gasteiger partial charge < -0.3 is 5.32 Å². The maximum atomic E-state index is 4.19. The third kappa shape index (κ3) is 3.52. The Morgan fingerprint density at radius 2 is 2.04 bits per heavy atom. The topological polar surface area (TPSA) is 29.9 Å². The molecule has 0 fully saturated rings. The first-order valence-corrected chi connectivity index (χ1v) is 9.29. The van der Waals surface area contributed by atoms with Crippen LogP contribution in [0.4, 0.5) is 5.69 Å². The fraction of sp³-hybridized carbons (Fsp3) is 0.208. The molecule has 1 heterocycles. The largest absolute Gasteiger partial charge is 0.354 e. The van der Waals surface area contributed by atoms with Crippen LogP contribution in [0.3, 0.4) is 0 Å². The lowest BCUT2D eigenvalue weighted by Gasteiger charge is -2.12. The van der Waals surface area contributed by atoms with Crippen molar-refractivity contribution < 1.29 is 0 Å². The fourth-order valence-corrected chi connectivity index (χ4v) is 3.65. The molecule has 0 saturated heterocycles. The highest BCUT2D eigenvalue weighted by Gasteiger charge is 2.12. The zero-order chi connectivity index (χ0) is 18.8. The molecule has 2 aromatic carbocycles. The Morgan fingerprint density at radius 1 is 1.15 bits per heavy atom. The molecular formula is C24H23N3. The molecule has 1 aliphatic rings. The van der Waals surface area contributed by atoms with E-state index in [1.165, 1.54) is 29.5 Å². The van der Waals surface area contributed by atoms with Crippen LogP contribution in [0.15, 0.2) is 55.2 Å². The average molecular weight is 353 g/mol. The second-order valence-electron chi connectivity index (χ2n) is 7.02. The molecule has 3 aromatic rings. The zero-order valence-electron chi connectivity index (χ0n) is 15.8. The number of nitrogens with zero attached hydrogens (tertiary/aromatic N) is 2. The zero-order valence-corrected chi connectivity index (χ0v) is 15.8. The predicted octanol–water partition coefficient (Wildman–Crippen LogP) is 4.70. The van der Waals surface area contributed by atoms with Gasteiger partial charge in [0.2, 0.25) is 0 Å². The number of rotatable bonds is 3. The second kappa shape index (κ2) is 7.17. The van der Waals surface area contributed by atoms with Gasteiger partial charge in [-0.25, -0.2) is 0 Å². The van der Waals surface area contributed by atoms with Crippen LogP contribution in [0.1, 0.15) is 39.9 Å². The minimum absolute atomic E-state index is 0.830. The van der Waals surface area contributed by atoms with E-state index in [4.69, 9.17) is 0 Å². The molecule has 0 radical (unpaired) electrons. The average Bonchev–Trinajstić information content (AvgIpc) is 3.30. The summed E-state index contributed by atoms with van der Waals surface area (Å²) in [6.45, 7) is 6.21. The Kier molecular flexibility index (Phi) is 4.56.